The molecule has 1 nitrogen and oxygen atoms in total. The summed E-state index contributed by atoms with van der Waals surface area (Å²) in [5.74, 6) is 1.70. The van der Waals surface area contributed by atoms with Crippen molar-refractivity contribution in [1.82, 2.24) is 4.90 Å². The zero-order valence-electron chi connectivity index (χ0n) is 7.84. The standard InChI is InChI=1S/C10H15Br2N/c1-2-3-5-13-6-4-8-9(7-13)10(8,11)12/h2-3,8-9H,4-7H2,1H3/b3-2+/t8-,9+/m0/s1. The monoisotopic (exact) mass is 307 g/mol. The first-order valence-corrected chi connectivity index (χ1v) is 6.46. The van der Waals surface area contributed by atoms with E-state index in [2.05, 4.69) is 55.8 Å². The molecule has 2 atom stereocenters. The second kappa shape index (κ2) is 3.67. The number of hydrogen-bond acceptors (Lipinski definition) is 1. The highest BCUT2D eigenvalue weighted by Crippen LogP contribution is 2.64. The minimum absolute atomic E-state index is 0.282. The van der Waals surface area contributed by atoms with Crippen molar-refractivity contribution in [3.8, 4) is 0 Å². The molecule has 0 N–H and O–H groups in total. The van der Waals surface area contributed by atoms with E-state index in [-0.39, 0.29) is 3.23 Å². The molecule has 0 amide bonds. The van der Waals surface area contributed by atoms with E-state index in [1.807, 2.05) is 0 Å². The normalized spacial score (nSPS) is 37.8. The molecular formula is C10H15Br2N. The number of fused-ring (bicyclic) bond motifs is 1. The van der Waals surface area contributed by atoms with Gasteiger partial charge in [-0.1, -0.05) is 44.0 Å². The lowest BCUT2D eigenvalue weighted by Gasteiger charge is -2.23. The third-order valence-corrected chi connectivity index (χ3v) is 5.53. The molecule has 0 bridgehead atoms. The van der Waals surface area contributed by atoms with E-state index >= 15 is 0 Å². The minimum atomic E-state index is 0.282. The van der Waals surface area contributed by atoms with Gasteiger partial charge in [-0.05, 0) is 25.8 Å². The van der Waals surface area contributed by atoms with Crippen LogP contribution in [0.25, 0.3) is 0 Å². The summed E-state index contributed by atoms with van der Waals surface area (Å²) in [5.41, 5.74) is 0. The molecule has 13 heavy (non-hydrogen) atoms. The molecule has 2 fully saturated rings. The molecule has 1 aliphatic heterocycles. The molecule has 0 unspecified atom stereocenters. The number of allylic oxidation sites excluding steroid dienone is 1. The first-order chi connectivity index (χ1) is 6.16. The highest BCUT2D eigenvalue weighted by Gasteiger charge is 2.62. The van der Waals surface area contributed by atoms with Gasteiger partial charge in [0.05, 0.1) is 3.23 Å². The molecule has 74 valence electrons. The molecule has 3 heteroatoms. The lowest BCUT2D eigenvalue weighted by atomic mass is 10.1. The van der Waals surface area contributed by atoms with Crippen molar-refractivity contribution in [2.24, 2.45) is 11.8 Å². The van der Waals surface area contributed by atoms with E-state index in [4.69, 9.17) is 0 Å². The zero-order valence-corrected chi connectivity index (χ0v) is 11.0. The van der Waals surface area contributed by atoms with E-state index in [0.29, 0.717) is 0 Å². The van der Waals surface area contributed by atoms with Crippen molar-refractivity contribution < 1.29 is 0 Å². The zero-order chi connectivity index (χ0) is 9.47. The Morgan fingerprint density at radius 1 is 1.46 bits per heavy atom. The summed E-state index contributed by atoms with van der Waals surface area (Å²) in [6.07, 6.45) is 5.71. The number of rotatable bonds is 2. The molecular weight excluding hydrogens is 294 g/mol. The summed E-state index contributed by atoms with van der Waals surface area (Å²) >= 11 is 7.49. The fourth-order valence-electron chi connectivity index (χ4n) is 2.21. The molecule has 2 rings (SSSR count). The quantitative estimate of drug-likeness (QED) is 0.560. The van der Waals surface area contributed by atoms with Crippen LogP contribution in [0.5, 0.6) is 0 Å². The number of hydrogen-bond donors (Lipinski definition) is 0. The number of piperidine rings is 1. The van der Waals surface area contributed by atoms with Gasteiger partial charge in [0.1, 0.15) is 0 Å². The van der Waals surface area contributed by atoms with Crippen LogP contribution in [0, 0.1) is 11.8 Å². The van der Waals surface area contributed by atoms with Gasteiger partial charge in [-0.15, -0.1) is 0 Å². The van der Waals surface area contributed by atoms with Crippen molar-refractivity contribution >= 4 is 31.9 Å². The second-order valence-corrected chi connectivity index (χ2v) is 7.69. The van der Waals surface area contributed by atoms with Gasteiger partial charge in [0, 0.05) is 19.0 Å². The molecule has 1 heterocycles. The van der Waals surface area contributed by atoms with E-state index in [0.717, 1.165) is 18.4 Å². The maximum atomic E-state index is 3.75. The molecule has 0 aromatic carbocycles. The fourth-order valence-corrected chi connectivity index (χ4v) is 3.97. The Morgan fingerprint density at radius 2 is 2.23 bits per heavy atom. The highest BCUT2D eigenvalue weighted by atomic mass is 79.9. The topological polar surface area (TPSA) is 3.24 Å². The molecule has 1 saturated heterocycles. The molecule has 0 radical (unpaired) electrons. The van der Waals surface area contributed by atoms with Crippen LogP contribution in [0.4, 0.5) is 0 Å². The molecule has 2 aliphatic rings. The Hall–Kier alpha value is 0.660. The third kappa shape index (κ3) is 1.88. The second-order valence-electron chi connectivity index (χ2n) is 4.00. The van der Waals surface area contributed by atoms with Crippen LogP contribution in [0.3, 0.4) is 0 Å². The molecule has 1 saturated carbocycles. The van der Waals surface area contributed by atoms with E-state index in [1.54, 1.807) is 0 Å². The van der Waals surface area contributed by atoms with Crippen molar-refractivity contribution in [3.63, 3.8) is 0 Å². The van der Waals surface area contributed by atoms with Gasteiger partial charge in [-0.3, -0.25) is 4.90 Å². The first-order valence-electron chi connectivity index (χ1n) is 4.87. The summed E-state index contributed by atoms with van der Waals surface area (Å²) in [5, 5.41) is 0. The third-order valence-electron chi connectivity index (χ3n) is 3.18. The highest BCUT2D eigenvalue weighted by molar-refractivity contribution is 9.25. The summed E-state index contributed by atoms with van der Waals surface area (Å²) in [6, 6.07) is 0. The number of nitrogens with zero attached hydrogens (tertiary/aromatic N) is 1. The Morgan fingerprint density at radius 3 is 2.85 bits per heavy atom. The molecule has 0 aromatic heterocycles. The maximum Gasteiger partial charge on any atom is 0.0881 e. The van der Waals surface area contributed by atoms with Gasteiger partial charge in [0.2, 0.25) is 0 Å². The molecule has 1 aliphatic carbocycles. The average Bonchev–Trinajstić information content (AvgIpc) is 2.66. The van der Waals surface area contributed by atoms with Crippen LogP contribution in [0.15, 0.2) is 12.2 Å². The van der Waals surface area contributed by atoms with Crippen molar-refractivity contribution in [3.05, 3.63) is 12.2 Å². The number of alkyl halides is 2. The lowest BCUT2D eigenvalue weighted by molar-refractivity contribution is 0.241. The molecule has 0 spiro atoms. The Labute approximate surface area is 96.8 Å². The van der Waals surface area contributed by atoms with Crippen molar-refractivity contribution in [2.45, 2.75) is 16.6 Å². The van der Waals surface area contributed by atoms with Gasteiger partial charge in [0.15, 0.2) is 0 Å². The average molecular weight is 309 g/mol. The van der Waals surface area contributed by atoms with Gasteiger partial charge in [-0.25, -0.2) is 0 Å². The van der Waals surface area contributed by atoms with Crippen LogP contribution in [0.1, 0.15) is 13.3 Å². The van der Waals surface area contributed by atoms with Gasteiger partial charge in [0.25, 0.3) is 0 Å². The maximum absolute atomic E-state index is 3.75. The predicted octanol–water partition coefficient (Wildman–Crippen LogP) is 3.00. The van der Waals surface area contributed by atoms with Crippen LogP contribution >= 0.6 is 31.9 Å². The van der Waals surface area contributed by atoms with Crippen LogP contribution in [0.2, 0.25) is 0 Å². The SMILES string of the molecule is C/C=C/CN1CC[C@H]2[C@@H](C1)C2(Br)Br. The van der Waals surface area contributed by atoms with Gasteiger partial charge in [-0.2, -0.15) is 0 Å². The predicted molar refractivity (Wildman–Crippen MR) is 63.4 cm³/mol. The summed E-state index contributed by atoms with van der Waals surface area (Å²) < 4.78 is 0.282. The fraction of sp³-hybridized carbons (Fsp3) is 0.800. The first kappa shape index (κ1) is 10.2. The van der Waals surface area contributed by atoms with Crippen LogP contribution in [-0.2, 0) is 0 Å². The van der Waals surface area contributed by atoms with Crippen LogP contribution in [-0.4, -0.2) is 27.8 Å². The van der Waals surface area contributed by atoms with Crippen molar-refractivity contribution in [2.75, 3.05) is 19.6 Å². The van der Waals surface area contributed by atoms with E-state index < -0.39 is 0 Å². The van der Waals surface area contributed by atoms with Gasteiger partial charge >= 0.3 is 0 Å². The van der Waals surface area contributed by atoms with Crippen molar-refractivity contribution in [1.29, 1.82) is 0 Å². The Kier molecular flexibility index (Phi) is 2.87. The van der Waals surface area contributed by atoms with E-state index in [9.17, 15) is 0 Å². The summed E-state index contributed by atoms with van der Waals surface area (Å²) in [7, 11) is 0. The van der Waals surface area contributed by atoms with Gasteiger partial charge < -0.3 is 0 Å². The van der Waals surface area contributed by atoms with E-state index in [1.165, 1.54) is 19.5 Å². The number of likely N-dealkylation sites (tertiary alicyclic amines) is 1. The Balaban J connectivity index is 1.86. The largest absolute Gasteiger partial charge is 0.299 e. The van der Waals surface area contributed by atoms with Crippen LogP contribution < -0.4 is 0 Å². The molecule has 0 aromatic rings. The lowest BCUT2D eigenvalue weighted by Crippen LogP contribution is -2.31. The summed E-state index contributed by atoms with van der Waals surface area (Å²) in [6.45, 7) is 5.70. The Bertz CT molecular complexity index is 225. The summed E-state index contributed by atoms with van der Waals surface area (Å²) in [4.78, 5) is 2.53. The smallest absolute Gasteiger partial charge is 0.0881 e. The number of halogens is 2. The minimum Gasteiger partial charge on any atom is -0.299 e.